The van der Waals surface area contributed by atoms with Crippen LogP contribution in [0.5, 0.6) is 0 Å². The van der Waals surface area contributed by atoms with Gasteiger partial charge in [0.1, 0.15) is 0 Å². The molecule has 0 aliphatic carbocycles. The third-order valence-corrected chi connectivity index (χ3v) is 0.421. The molecule has 0 bridgehead atoms. The van der Waals surface area contributed by atoms with Crippen LogP contribution in [0.15, 0.2) is 0 Å². The summed E-state index contributed by atoms with van der Waals surface area (Å²) in [6.45, 7) is 1.22. The molecule has 0 N–H and O–H groups in total. The van der Waals surface area contributed by atoms with Crippen molar-refractivity contribution in [3.05, 3.63) is 0 Å². The molecule has 0 saturated heterocycles. The monoisotopic (exact) mass is 117 g/mol. The van der Waals surface area contributed by atoms with Crippen molar-refractivity contribution < 1.29 is 14.4 Å². The molecule has 0 heterocycles. The van der Waals surface area contributed by atoms with Crippen molar-refractivity contribution in [1.82, 2.24) is 5.06 Å². The maximum atomic E-state index is 9.99. The van der Waals surface area contributed by atoms with Crippen LogP contribution in [0.3, 0.4) is 0 Å². The summed E-state index contributed by atoms with van der Waals surface area (Å²) in [5, 5.41) is 0.794. The van der Waals surface area contributed by atoms with Gasteiger partial charge in [0.15, 0.2) is 0 Å². The topological polar surface area (TPSA) is 46.6 Å². The number of carbonyl (C=O) groups is 2. The number of hydrogen-bond acceptors (Lipinski definition) is 3. The molecule has 8 heavy (non-hydrogen) atoms. The Kier molecular flexibility index (Phi) is 2.61. The summed E-state index contributed by atoms with van der Waals surface area (Å²) < 4.78 is 0. The van der Waals surface area contributed by atoms with Gasteiger partial charge in [-0.15, -0.1) is 0 Å². The summed E-state index contributed by atoms with van der Waals surface area (Å²) in [6.07, 6.45) is 0.404. The molecule has 0 rings (SSSR count). The summed E-state index contributed by atoms with van der Waals surface area (Å²) in [5.74, 6) is -0.500. The van der Waals surface area contributed by atoms with E-state index >= 15 is 0 Å². The van der Waals surface area contributed by atoms with Crippen LogP contribution >= 0.6 is 0 Å². The van der Waals surface area contributed by atoms with Gasteiger partial charge in [0.2, 0.25) is 6.41 Å². The Hall–Kier alpha value is -1.06. The molecule has 4 nitrogen and oxygen atoms in total. The minimum Gasteiger partial charge on any atom is -0.339 e. The van der Waals surface area contributed by atoms with Crippen molar-refractivity contribution in [2.45, 2.75) is 6.92 Å². The van der Waals surface area contributed by atoms with Crippen molar-refractivity contribution >= 4 is 12.4 Å². The summed E-state index contributed by atoms with van der Waals surface area (Å²) >= 11 is 0. The fourth-order valence-electron chi connectivity index (χ4n) is 0.224. The zero-order valence-corrected chi connectivity index (χ0v) is 4.75. The highest BCUT2D eigenvalue weighted by Gasteiger charge is 1.94. The number of nitrogens with zero attached hydrogens (tertiary/aromatic N) is 1. The first-order valence-corrected chi connectivity index (χ1v) is 2.03. The number of hydroxylamine groups is 2. The van der Waals surface area contributed by atoms with E-state index in [4.69, 9.17) is 0 Å². The molecule has 0 aliphatic heterocycles. The fourth-order valence-corrected chi connectivity index (χ4v) is 0.224. The third-order valence-electron chi connectivity index (χ3n) is 0.421. The second-order valence-electron chi connectivity index (χ2n) is 1.23. The first-order valence-electron chi connectivity index (χ1n) is 2.03. The summed E-state index contributed by atoms with van der Waals surface area (Å²) in [5.41, 5.74) is 0. The van der Waals surface area contributed by atoms with E-state index in [0.29, 0.717) is 6.41 Å². The molecular formula is C4H7NO3. The van der Waals surface area contributed by atoms with Crippen LogP contribution in [0.4, 0.5) is 0 Å². The first-order chi connectivity index (χ1) is 3.66. The van der Waals surface area contributed by atoms with Gasteiger partial charge >= 0.3 is 5.97 Å². The van der Waals surface area contributed by atoms with Crippen molar-refractivity contribution in [2.75, 3.05) is 7.05 Å². The maximum absolute atomic E-state index is 9.99. The van der Waals surface area contributed by atoms with Crippen LogP contribution < -0.4 is 0 Å². The second-order valence-corrected chi connectivity index (χ2v) is 1.23. The zero-order valence-electron chi connectivity index (χ0n) is 4.75. The molecule has 0 aromatic rings. The highest BCUT2D eigenvalue weighted by molar-refractivity contribution is 5.66. The Morgan fingerprint density at radius 3 is 2.38 bits per heavy atom. The Bertz CT molecular complexity index is 101. The molecular weight excluding hydrogens is 110 g/mol. The highest BCUT2D eigenvalue weighted by atomic mass is 16.7. The SMILES string of the molecule is CC(=O)ON(C)C=O. The minimum absolute atomic E-state index is 0.404. The van der Waals surface area contributed by atoms with Crippen molar-refractivity contribution in [3.8, 4) is 0 Å². The zero-order chi connectivity index (χ0) is 6.57. The van der Waals surface area contributed by atoms with E-state index in [-0.39, 0.29) is 0 Å². The van der Waals surface area contributed by atoms with Crippen molar-refractivity contribution in [1.29, 1.82) is 0 Å². The predicted octanol–water partition coefficient (Wildman–Crippen LogP) is -0.447. The van der Waals surface area contributed by atoms with E-state index in [9.17, 15) is 9.59 Å². The summed E-state index contributed by atoms with van der Waals surface area (Å²) in [4.78, 5) is 23.9. The number of hydrogen-bond donors (Lipinski definition) is 0. The Labute approximate surface area is 47.0 Å². The third kappa shape index (κ3) is 3.14. The lowest BCUT2D eigenvalue weighted by Crippen LogP contribution is -2.19. The predicted molar refractivity (Wildman–Crippen MR) is 25.6 cm³/mol. The largest absolute Gasteiger partial charge is 0.339 e. The van der Waals surface area contributed by atoms with Crippen LogP contribution in [-0.2, 0) is 14.4 Å². The molecule has 0 saturated carbocycles. The standard InChI is InChI=1S/C4H7NO3/c1-4(7)8-5(2)3-6/h3H,1-2H3. The van der Waals surface area contributed by atoms with Crippen molar-refractivity contribution in [2.24, 2.45) is 0 Å². The molecule has 0 spiro atoms. The number of carbonyl (C=O) groups excluding carboxylic acids is 2. The average Bonchev–Trinajstić information content (AvgIpc) is 1.65. The van der Waals surface area contributed by atoms with Gasteiger partial charge in [-0.1, -0.05) is 0 Å². The summed E-state index contributed by atoms with van der Waals surface area (Å²) in [7, 11) is 1.34. The van der Waals surface area contributed by atoms with E-state index in [1.807, 2.05) is 0 Å². The second kappa shape index (κ2) is 3.01. The Morgan fingerprint density at radius 2 is 2.25 bits per heavy atom. The Balaban J connectivity index is 3.38. The quantitative estimate of drug-likeness (QED) is 0.363. The van der Waals surface area contributed by atoms with Crippen LogP contribution in [0.2, 0.25) is 0 Å². The van der Waals surface area contributed by atoms with Gasteiger partial charge in [-0.2, -0.15) is 5.06 Å². The lowest BCUT2D eigenvalue weighted by atomic mass is 10.8. The average molecular weight is 117 g/mol. The lowest BCUT2D eigenvalue weighted by molar-refractivity contribution is -0.182. The molecule has 0 aliphatic rings. The van der Waals surface area contributed by atoms with Crippen LogP contribution in [0.1, 0.15) is 6.92 Å². The first kappa shape index (κ1) is 6.94. The van der Waals surface area contributed by atoms with Crippen LogP contribution in [0.25, 0.3) is 0 Å². The van der Waals surface area contributed by atoms with Gasteiger partial charge < -0.3 is 4.84 Å². The van der Waals surface area contributed by atoms with E-state index in [1.54, 1.807) is 0 Å². The fraction of sp³-hybridized carbons (Fsp3) is 0.500. The van der Waals surface area contributed by atoms with E-state index in [1.165, 1.54) is 14.0 Å². The molecule has 0 fully saturated rings. The maximum Gasteiger partial charge on any atom is 0.329 e. The molecule has 0 aromatic heterocycles. The molecule has 46 valence electrons. The molecule has 1 amide bonds. The highest BCUT2D eigenvalue weighted by Crippen LogP contribution is 1.77. The molecule has 0 aromatic carbocycles. The molecule has 0 unspecified atom stereocenters. The van der Waals surface area contributed by atoms with E-state index < -0.39 is 5.97 Å². The molecule has 0 atom stereocenters. The van der Waals surface area contributed by atoms with E-state index in [2.05, 4.69) is 4.84 Å². The minimum atomic E-state index is -0.500. The van der Waals surface area contributed by atoms with Gasteiger partial charge in [-0.05, 0) is 0 Å². The summed E-state index contributed by atoms with van der Waals surface area (Å²) in [6, 6.07) is 0. The lowest BCUT2D eigenvalue weighted by Gasteiger charge is -2.05. The number of amides is 1. The Morgan fingerprint density at radius 1 is 1.75 bits per heavy atom. The van der Waals surface area contributed by atoms with Gasteiger partial charge in [0, 0.05) is 14.0 Å². The number of rotatable bonds is 2. The van der Waals surface area contributed by atoms with Crippen LogP contribution in [0, 0.1) is 0 Å². The van der Waals surface area contributed by atoms with E-state index in [0.717, 1.165) is 5.06 Å². The van der Waals surface area contributed by atoms with Crippen molar-refractivity contribution in [3.63, 3.8) is 0 Å². The van der Waals surface area contributed by atoms with Gasteiger partial charge in [0.05, 0.1) is 0 Å². The van der Waals surface area contributed by atoms with Gasteiger partial charge in [-0.25, -0.2) is 0 Å². The van der Waals surface area contributed by atoms with Gasteiger partial charge in [-0.3, -0.25) is 9.59 Å². The van der Waals surface area contributed by atoms with Gasteiger partial charge in [0.25, 0.3) is 0 Å². The molecule has 4 heteroatoms. The molecule has 0 radical (unpaired) electrons. The normalized spacial score (nSPS) is 7.75. The smallest absolute Gasteiger partial charge is 0.329 e. The van der Waals surface area contributed by atoms with Crippen LogP contribution in [-0.4, -0.2) is 24.5 Å².